The van der Waals surface area contributed by atoms with Gasteiger partial charge in [-0.2, -0.15) is 0 Å². The predicted octanol–water partition coefficient (Wildman–Crippen LogP) is 0.0687. The van der Waals surface area contributed by atoms with Crippen molar-refractivity contribution >= 4 is 0 Å². The minimum atomic E-state index is -0.775. The van der Waals surface area contributed by atoms with E-state index in [2.05, 4.69) is 10.3 Å². The van der Waals surface area contributed by atoms with Gasteiger partial charge in [0.15, 0.2) is 0 Å². The molecule has 1 atom stereocenters. The lowest BCUT2D eigenvalue weighted by molar-refractivity contribution is 0.0571. The number of hydrogen-bond acceptors (Lipinski definition) is 4. The van der Waals surface area contributed by atoms with Gasteiger partial charge in [0.1, 0.15) is 0 Å². The molecule has 0 aliphatic rings. The molecule has 0 bridgehead atoms. The van der Waals surface area contributed by atoms with Crippen LogP contribution in [0.3, 0.4) is 0 Å². The number of nitrogens with two attached hydrogens (primary N) is 1. The summed E-state index contributed by atoms with van der Waals surface area (Å²) in [6, 6.07) is -0.115. The fourth-order valence-electron chi connectivity index (χ4n) is 0.996. The van der Waals surface area contributed by atoms with E-state index < -0.39 is 5.60 Å². The third-order valence-corrected chi connectivity index (χ3v) is 1.57. The third kappa shape index (κ3) is 3.12. The molecule has 1 heterocycles. The predicted molar refractivity (Wildman–Crippen MR) is 48.9 cm³/mol. The molecular weight excluding hydrogens is 168 g/mol. The van der Waals surface area contributed by atoms with Crippen LogP contribution in [-0.4, -0.2) is 25.7 Å². The molecule has 1 aromatic heterocycles. The second kappa shape index (κ2) is 3.43. The summed E-state index contributed by atoms with van der Waals surface area (Å²) in [6.07, 6.45) is 1.75. The van der Waals surface area contributed by atoms with Gasteiger partial charge in [-0.1, -0.05) is 5.21 Å². The number of aromatic nitrogens is 3. The molecule has 13 heavy (non-hydrogen) atoms. The molecule has 0 aromatic carbocycles. The van der Waals surface area contributed by atoms with Crippen molar-refractivity contribution in [1.29, 1.82) is 0 Å². The summed E-state index contributed by atoms with van der Waals surface area (Å²) in [6.45, 7) is 5.71. The molecule has 0 fully saturated rings. The average Bonchev–Trinajstić information content (AvgIpc) is 2.31. The molecule has 0 radical (unpaired) electrons. The number of rotatable bonds is 3. The highest BCUT2D eigenvalue weighted by atomic mass is 16.3. The standard InChI is InChI=1S/C8H16N4O/c1-6(9)7-4-12(11-10-7)5-8(2,3)13/h4,6,13H,5,9H2,1-3H3/t6-/m1/s1. The molecule has 1 rings (SSSR count). The van der Waals surface area contributed by atoms with E-state index in [1.165, 1.54) is 0 Å². The van der Waals surface area contributed by atoms with Crippen LogP contribution >= 0.6 is 0 Å². The van der Waals surface area contributed by atoms with E-state index in [4.69, 9.17) is 5.73 Å². The van der Waals surface area contributed by atoms with E-state index in [1.807, 2.05) is 6.92 Å². The van der Waals surface area contributed by atoms with E-state index in [0.717, 1.165) is 5.69 Å². The molecule has 5 heteroatoms. The fraction of sp³-hybridized carbons (Fsp3) is 0.750. The van der Waals surface area contributed by atoms with Crippen LogP contribution in [0.1, 0.15) is 32.5 Å². The first-order valence-corrected chi connectivity index (χ1v) is 4.26. The highest BCUT2D eigenvalue weighted by molar-refractivity contribution is 4.97. The van der Waals surface area contributed by atoms with E-state index in [9.17, 15) is 5.11 Å². The highest BCUT2D eigenvalue weighted by Crippen LogP contribution is 2.07. The molecular formula is C8H16N4O. The molecule has 0 spiro atoms. The van der Waals surface area contributed by atoms with Crippen LogP contribution in [0.2, 0.25) is 0 Å². The van der Waals surface area contributed by atoms with Gasteiger partial charge in [0.2, 0.25) is 0 Å². The second-order valence-corrected chi connectivity index (χ2v) is 3.94. The van der Waals surface area contributed by atoms with Crippen molar-refractivity contribution in [3.8, 4) is 0 Å². The van der Waals surface area contributed by atoms with Gasteiger partial charge >= 0.3 is 0 Å². The molecule has 0 unspecified atom stereocenters. The summed E-state index contributed by atoms with van der Waals surface area (Å²) in [7, 11) is 0. The van der Waals surface area contributed by atoms with Crippen molar-refractivity contribution in [3.63, 3.8) is 0 Å². The van der Waals surface area contributed by atoms with Gasteiger partial charge in [-0.25, -0.2) is 4.68 Å². The van der Waals surface area contributed by atoms with Crippen LogP contribution in [0, 0.1) is 0 Å². The van der Waals surface area contributed by atoms with Crippen LogP contribution < -0.4 is 5.73 Å². The smallest absolute Gasteiger partial charge is 0.0991 e. The Hall–Kier alpha value is -0.940. The quantitative estimate of drug-likeness (QED) is 0.697. The van der Waals surface area contributed by atoms with Gasteiger partial charge in [-0.15, -0.1) is 5.10 Å². The number of aliphatic hydroxyl groups is 1. The zero-order chi connectivity index (χ0) is 10.1. The van der Waals surface area contributed by atoms with Crippen LogP contribution in [0.5, 0.6) is 0 Å². The molecule has 3 N–H and O–H groups in total. The van der Waals surface area contributed by atoms with Crippen molar-refractivity contribution in [2.75, 3.05) is 0 Å². The Balaban J connectivity index is 2.70. The zero-order valence-corrected chi connectivity index (χ0v) is 8.23. The molecule has 0 aliphatic carbocycles. The van der Waals surface area contributed by atoms with Crippen molar-refractivity contribution in [1.82, 2.24) is 15.0 Å². The lowest BCUT2D eigenvalue weighted by atomic mass is 10.1. The molecule has 1 aromatic rings. The van der Waals surface area contributed by atoms with Gasteiger partial charge in [0.25, 0.3) is 0 Å². The summed E-state index contributed by atoms with van der Waals surface area (Å²) in [5.74, 6) is 0. The molecule has 74 valence electrons. The summed E-state index contributed by atoms with van der Waals surface area (Å²) in [4.78, 5) is 0. The van der Waals surface area contributed by atoms with E-state index in [0.29, 0.717) is 6.54 Å². The Morgan fingerprint density at radius 3 is 2.69 bits per heavy atom. The SMILES string of the molecule is C[C@@H](N)c1cn(CC(C)(C)O)nn1. The lowest BCUT2D eigenvalue weighted by Crippen LogP contribution is -2.26. The van der Waals surface area contributed by atoms with Gasteiger partial charge in [0.05, 0.1) is 24.0 Å². The first kappa shape index (κ1) is 10.1. The van der Waals surface area contributed by atoms with Crippen LogP contribution in [0.4, 0.5) is 0 Å². The first-order chi connectivity index (χ1) is 5.88. The average molecular weight is 184 g/mol. The molecule has 0 saturated carbocycles. The van der Waals surface area contributed by atoms with Gasteiger partial charge in [-0.05, 0) is 20.8 Å². The lowest BCUT2D eigenvalue weighted by Gasteiger charge is -2.15. The fourth-order valence-corrected chi connectivity index (χ4v) is 0.996. The maximum atomic E-state index is 9.50. The highest BCUT2D eigenvalue weighted by Gasteiger charge is 2.15. The van der Waals surface area contributed by atoms with Gasteiger partial charge < -0.3 is 10.8 Å². The topological polar surface area (TPSA) is 77.0 Å². The van der Waals surface area contributed by atoms with Crippen molar-refractivity contribution in [2.24, 2.45) is 5.73 Å². The Labute approximate surface area is 77.6 Å². The molecule has 0 aliphatic heterocycles. The Morgan fingerprint density at radius 2 is 2.31 bits per heavy atom. The first-order valence-electron chi connectivity index (χ1n) is 4.26. The maximum absolute atomic E-state index is 9.50. The number of nitrogens with zero attached hydrogens (tertiary/aromatic N) is 3. The van der Waals surface area contributed by atoms with E-state index >= 15 is 0 Å². The van der Waals surface area contributed by atoms with Crippen molar-refractivity contribution in [2.45, 2.75) is 39.0 Å². The molecule has 0 saturated heterocycles. The van der Waals surface area contributed by atoms with Crippen LogP contribution in [-0.2, 0) is 6.54 Å². The minimum absolute atomic E-state index is 0.115. The minimum Gasteiger partial charge on any atom is -0.389 e. The summed E-state index contributed by atoms with van der Waals surface area (Å²) >= 11 is 0. The van der Waals surface area contributed by atoms with Gasteiger partial charge in [-0.3, -0.25) is 0 Å². The Bertz CT molecular complexity index is 274. The zero-order valence-electron chi connectivity index (χ0n) is 8.23. The largest absolute Gasteiger partial charge is 0.389 e. The summed E-state index contributed by atoms with van der Waals surface area (Å²) in [5.41, 5.74) is 5.58. The normalized spacial score (nSPS) is 14.5. The third-order valence-electron chi connectivity index (χ3n) is 1.57. The van der Waals surface area contributed by atoms with Crippen LogP contribution in [0.15, 0.2) is 6.20 Å². The Morgan fingerprint density at radius 1 is 1.69 bits per heavy atom. The van der Waals surface area contributed by atoms with Gasteiger partial charge in [0, 0.05) is 6.04 Å². The van der Waals surface area contributed by atoms with E-state index in [1.54, 1.807) is 24.7 Å². The number of hydrogen-bond donors (Lipinski definition) is 2. The summed E-state index contributed by atoms with van der Waals surface area (Å²) < 4.78 is 1.60. The Kier molecular flexibility index (Phi) is 2.68. The summed E-state index contributed by atoms with van der Waals surface area (Å²) in [5, 5.41) is 17.2. The van der Waals surface area contributed by atoms with Crippen molar-refractivity contribution < 1.29 is 5.11 Å². The molecule has 0 amide bonds. The second-order valence-electron chi connectivity index (χ2n) is 3.94. The monoisotopic (exact) mass is 184 g/mol. The van der Waals surface area contributed by atoms with Crippen LogP contribution in [0.25, 0.3) is 0 Å². The van der Waals surface area contributed by atoms with Crippen molar-refractivity contribution in [3.05, 3.63) is 11.9 Å². The maximum Gasteiger partial charge on any atom is 0.0991 e. The molecule has 5 nitrogen and oxygen atoms in total. The van der Waals surface area contributed by atoms with E-state index in [-0.39, 0.29) is 6.04 Å².